The molecule has 0 saturated heterocycles. The second-order valence-electron chi connectivity index (χ2n) is 5.86. The Labute approximate surface area is 157 Å². The molecule has 3 N–H and O–H groups in total. The number of nitrogens with zero attached hydrogens (tertiary/aromatic N) is 1. The lowest BCUT2D eigenvalue weighted by Crippen LogP contribution is -2.41. The van der Waals surface area contributed by atoms with Gasteiger partial charge in [0.1, 0.15) is 6.04 Å². The summed E-state index contributed by atoms with van der Waals surface area (Å²) in [7, 11) is -4.20. The van der Waals surface area contributed by atoms with Crippen LogP contribution in [0.15, 0.2) is 29.2 Å². The van der Waals surface area contributed by atoms with E-state index < -0.39 is 27.0 Å². The molecule has 0 fully saturated rings. The minimum Gasteiger partial charge on any atom is -0.480 e. The van der Waals surface area contributed by atoms with Crippen LogP contribution in [-0.2, 0) is 19.6 Å². The zero-order valence-electron chi connectivity index (χ0n) is 14.9. The molecule has 0 unspecified atom stereocenters. The molecular formula is C16H23N3O7S. The summed E-state index contributed by atoms with van der Waals surface area (Å²) in [5, 5.41) is 22.5. The molecule has 0 bridgehead atoms. The zero-order chi connectivity index (χ0) is 20.4. The number of carbonyl (C=O) groups excluding carboxylic acids is 1. The predicted molar refractivity (Wildman–Crippen MR) is 96.6 cm³/mol. The molecule has 0 aliphatic carbocycles. The van der Waals surface area contributed by atoms with Gasteiger partial charge < -0.3 is 10.4 Å². The third-order valence-corrected chi connectivity index (χ3v) is 5.20. The van der Waals surface area contributed by atoms with Gasteiger partial charge in [0.15, 0.2) is 0 Å². The van der Waals surface area contributed by atoms with Crippen molar-refractivity contribution in [1.29, 1.82) is 0 Å². The molecule has 1 atom stereocenters. The first-order valence-electron chi connectivity index (χ1n) is 8.43. The van der Waals surface area contributed by atoms with E-state index in [1.807, 2.05) is 11.6 Å². The summed E-state index contributed by atoms with van der Waals surface area (Å²) >= 11 is 0. The molecule has 1 aromatic rings. The largest absolute Gasteiger partial charge is 0.480 e. The van der Waals surface area contributed by atoms with Gasteiger partial charge in [0, 0.05) is 25.1 Å². The van der Waals surface area contributed by atoms with E-state index in [1.54, 1.807) is 0 Å². The van der Waals surface area contributed by atoms with Gasteiger partial charge in [-0.05, 0) is 25.0 Å². The Kier molecular flexibility index (Phi) is 8.82. The van der Waals surface area contributed by atoms with Gasteiger partial charge >= 0.3 is 5.97 Å². The van der Waals surface area contributed by atoms with Crippen molar-refractivity contribution in [3.63, 3.8) is 0 Å². The SMILES string of the molecule is CCCCCNC(=O)CC[C@@H](NS(=O)(=O)c1ccc([N+](=O)[O-])cc1)C(=O)O. The van der Waals surface area contributed by atoms with Gasteiger partial charge in [0.05, 0.1) is 9.82 Å². The summed E-state index contributed by atoms with van der Waals surface area (Å²) in [6, 6.07) is 2.55. The number of aliphatic carboxylic acids is 1. The Bertz CT molecular complexity index is 763. The van der Waals surface area contributed by atoms with Crippen molar-refractivity contribution in [3.8, 4) is 0 Å². The molecule has 10 nitrogen and oxygen atoms in total. The van der Waals surface area contributed by atoms with Crippen molar-refractivity contribution in [3.05, 3.63) is 34.4 Å². The monoisotopic (exact) mass is 401 g/mol. The van der Waals surface area contributed by atoms with Crippen LogP contribution in [-0.4, -0.2) is 42.9 Å². The minimum absolute atomic E-state index is 0.147. The second kappa shape index (κ2) is 10.6. The van der Waals surface area contributed by atoms with Crippen molar-refractivity contribution >= 4 is 27.6 Å². The number of carboxylic acids is 1. The van der Waals surface area contributed by atoms with Gasteiger partial charge in [0.2, 0.25) is 15.9 Å². The number of hydrogen-bond acceptors (Lipinski definition) is 6. The van der Waals surface area contributed by atoms with E-state index in [4.69, 9.17) is 0 Å². The van der Waals surface area contributed by atoms with Gasteiger partial charge in [-0.1, -0.05) is 19.8 Å². The van der Waals surface area contributed by atoms with Gasteiger partial charge in [0.25, 0.3) is 5.69 Å². The first-order valence-corrected chi connectivity index (χ1v) is 9.92. The number of nitro groups is 1. The van der Waals surface area contributed by atoms with Crippen molar-refractivity contribution in [1.82, 2.24) is 10.0 Å². The first-order chi connectivity index (χ1) is 12.7. The van der Waals surface area contributed by atoms with Crippen LogP contribution in [0.25, 0.3) is 0 Å². The average Bonchev–Trinajstić information content (AvgIpc) is 2.62. The molecule has 1 amide bonds. The Morgan fingerprint density at radius 2 is 1.85 bits per heavy atom. The normalized spacial score (nSPS) is 12.3. The summed E-state index contributed by atoms with van der Waals surface area (Å²) in [6.07, 6.45) is 2.42. The number of non-ortho nitro benzene ring substituents is 1. The molecule has 0 heterocycles. The first kappa shape index (κ1) is 22.5. The van der Waals surface area contributed by atoms with Crippen LogP contribution in [0.4, 0.5) is 5.69 Å². The van der Waals surface area contributed by atoms with Crippen LogP contribution in [0.3, 0.4) is 0 Å². The maximum absolute atomic E-state index is 12.3. The van der Waals surface area contributed by atoms with Crippen molar-refractivity contribution < 1.29 is 28.0 Å². The Morgan fingerprint density at radius 3 is 2.37 bits per heavy atom. The minimum atomic E-state index is -4.20. The van der Waals surface area contributed by atoms with E-state index in [-0.39, 0.29) is 29.3 Å². The Hall–Kier alpha value is -2.53. The van der Waals surface area contributed by atoms with E-state index in [9.17, 15) is 33.2 Å². The maximum Gasteiger partial charge on any atom is 0.321 e. The fraction of sp³-hybridized carbons (Fsp3) is 0.500. The van der Waals surface area contributed by atoms with E-state index in [0.29, 0.717) is 6.54 Å². The zero-order valence-corrected chi connectivity index (χ0v) is 15.7. The topological polar surface area (TPSA) is 156 Å². The van der Waals surface area contributed by atoms with E-state index >= 15 is 0 Å². The summed E-state index contributed by atoms with van der Waals surface area (Å²) in [5.74, 6) is -1.77. The van der Waals surface area contributed by atoms with Gasteiger partial charge in [-0.3, -0.25) is 19.7 Å². The molecule has 1 aromatic carbocycles. The number of unbranched alkanes of at least 4 members (excludes halogenated alkanes) is 2. The molecule has 0 spiro atoms. The number of sulfonamides is 1. The van der Waals surface area contributed by atoms with E-state index in [1.165, 1.54) is 0 Å². The molecule has 0 radical (unpaired) electrons. The molecule has 27 heavy (non-hydrogen) atoms. The summed E-state index contributed by atoms with van der Waals surface area (Å²) in [4.78, 5) is 32.7. The highest BCUT2D eigenvalue weighted by molar-refractivity contribution is 7.89. The quantitative estimate of drug-likeness (QED) is 0.271. The van der Waals surface area contributed by atoms with Gasteiger partial charge in [-0.2, -0.15) is 4.72 Å². The summed E-state index contributed by atoms with van der Waals surface area (Å²) in [5.41, 5.74) is -0.288. The number of nitro benzene ring substituents is 1. The van der Waals surface area contributed by atoms with Crippen LogP contribution in [0.2, 0.25) is 0 Å². The number of hydrogen-bond donors (Lipinski definition) is 3. The molecule has 0 aromatic heterocycles. The van der Waals surface area contributed by atoms with Crippen LogP contribution >= 0.6 is 0 Å². The molecule has 0 saturated carbocycles. The Morgan fingerprint density at radius 1 is 1.22 bits per heavy atom. The van der Waals surface area contributed by atoms with Crippen molar-refractivity contribution in [2.24, 2.45) is 0 Å². The molecule has 1 rings (SSSR count). The van der Waals surface area contributed by atoms with Crippen molar-refractivity contribution in [2.45, 2.75) is 50.0 Å². The third-order valence-electron chi connectivity index (χ3n) is 3.72. The molecular weight excluding hydrogens is 378 g/mol. The number of amides is 1. The molecule has 150 valence electrons. The standard InChI is InChI=1S/C16H23N3O7S/c1-2-3-4-11-17-15(20)10-9-14(16(21)22)18-27(25,26)13-7-5-12(6-8-13)19(23)24/h5-8,14,18H,2-4,9-11H2,1H3,(H,17,20)(H,21,22)/t14-/m1/s1. The van der Waals surface area contributed by atoms with Crippen LogP contribution in [0.5, 0.6) is 0 Å². The van der Waals surface area contributed by atoms with Gasteiger partial charge in [-0.25, -0.2) is 8.42 Å². The molecule has 11 heteroatoms. The highest BCUT2D eigenvalue weighted by Gasteiger charge is 2.26. The van der Waals surface area contributed by atoms with Crippen LogP contribution in [0, 0.1) is 10.1 Å². The summed E-state index contributed by atoms with van der Waals surface area (Å²) in [6.45, 7) is 2.51. The molecule has 0 aliphatic rings. The van der Waals surface area contributed by atoms with E-state index in [0.717, 1.165) is 43.5 Å². The maximum atomic E-state index is 12.3. The number of nitrogens with one attached hydrogen (secondary N) is 2. The number of benzene rings is 1. The van der Waals surface area contributed by atoms with Crippen LogP contribution < -0.4 is 10.0 Å². The lowest BCUT2D eigenvalue weighted by atomic mass is 10.1. The third kappa shape index (κ3) is 7.71. The second-order valence-corrected chi connectivity index (χ2v) is 7.57. The number of carbonyl (C=O) groups is 2. The highest BCUT2D eigenvalue weighted by atomic mass is 32.2. The van der Waals surface area contributed by atoms with Crippen molar-refractivity contribution in [2.75, 3.05) is 6.54 Å². The van der Waals surface area contributed by atoms with E-state index in [2.05, 4.69) is 5.32 Å². The highest BCUT2D eigenvalue weighted by Crippen LogP contribution is 2.16. The number of carboxylic acid groups (broad SMARTS) is 1. The summed E-state index contributed by atoms with van der Waals surface area (Å²) < 4.78 is 26.6. The fourth-order valence-corrected chi connectivity index (χ4v) is 3.43. The fourth-order valence-electron chi connectivity index (χ4n) is 2.20. The Balaban J connectivity index is 2.68. The lowest BCUT2D eigenvalue weighted by molar-refractivity contribution is -0.384. The number of rotatable bonds is 12. The van der Waals surface area contributed by atoms with Crippen LogP contribution in [0.1, 0.15) is 39.0 Å². The van der Waals surface area contributed by atoms with Gasteiger partial charge in [-0.15, -0.1) is 0 Å². The predicted octanol–water partition coefficient (Wildman–Crippen LogP) is 1.41. The smallest absolute Gasteiger partial charge is 0.321 e. The average molecular weight is 401 g/mol. The lowest BCUT2D eigenvalue weighted by Gasteiger charge is -2.14. The molecule has 0 aliphatic heterocycles.